The van der Waals surface area contributed by atoms with Crippen LogP contribution in [0.25, 0.3) is 0 Å². The standard InChI is InChI=1S/C17H27BrN2O/c1-13(19-2)16-8-7-14(18)12-17(16)21-11-9-15-6-4-5-10-20(15)3/h7-8,12-13,15,19H,4-6,9-11H2,1-3H3. The van der Waals surface area contributed by atoms with E-state index in [1.807, 2.05) is 7.05 Å². The molecule has 2 rings (SSSR count). The summed E-state index contributed by atoms with van der Waals surface area (Å²) >= 11 is 3.54. The van der Waals surface area contributed by atoms with Crippen molar-refractivity contribution in [2.75, 3.05) is 27.2 Å². The van der Waals surface area contributed by atoms with E-state index < -0.39 is 0 Å². The minimum absolute atomic E-state index is 0.297. The zero-order chi connectivity index (χ0) is 15.2. The van der Waals surface area contributed by atoms with Crippen LogP contribution in [0, 0.1) is 0 Å². The lowest BCUT2D eigenvalue weighted by molar-refractivity contribution is 0.152. The van der Waals surface area contributed by atoms with Crippen molar-refractivity contribution in [2.24, 2.45) is 0 Å². The van der Waals surface area contributed by atoms with Crippen molar-refractivity contribution in [2.45, 2.75) is 44.7 Å². The number of hydrogen-bond acceptors (Lipinski definition) is 3. The average Bonchev–Trinajstić information content (AvgIpc) is 2.48. The molecule has 0 bridgehead atoms. The van der Waals surface area contributed by atoms with Gasteiger partial charge in [0.1, 0.15) is 5.75 Å². The minimum atomic E-state index is 0.297. The molecule has 2 atom stereocenters. The lowest BCUT2D eigenvalue weighted by Crippen LogP contribution is -2.37. The first-order valence-electron chi connectivity index (χ1n) is 7.91. The third kappa shape index (κ3) is 4.70. The van der Waals surface area contributed by atoms with Gasteiger partial charge in [-0.05, 0) is 59.0 Å². The summed E-state index contributed by atoms with van der Waals surface area (Å²) in [5.41, 5.74) is 1.22. The summed E-state index contributed by atoms with van der Waals surface area (Å²) in [4.78, 5) is 2.48. The van der Waals surface area contributed by atoms with E-state index in [2.05, 4.69) is 58.3 Å². The van der Waals surface area contributed by atoms with Gasteiger partial charge in [0, 0.05) is 22.1 Å². The van der Waals surface area contributed by atoms with Crippen LogP contribution < -0.4 is 10.1 Å². The van der Waals surface area contributed by atoms with E-state index in [1.54, 1.807) is 0 Å². The van der Waals surface area contributed by atoms with Crippen molar-refractivity contribution in [3.8, 4) is 5.75 Å². The zero-order valence-electron chi connectivity index (χ0n) is 13.4. The lowest BCUT2D eigenvalue weighted by atomic mass is 10.0. The maximum Gasteiger partial charge on any atom is 0.125 e. The van der Waals surface area contributed by atoms with Crippen LogP contribution in [0.5, 0.6) is 5.75 Å². The Morgan fingerprint density at radius 3 is 2.95 bits per heavy atom. The number of benzene rings is 1. The largest absolute Gasteiger partial charge is 0.493 e. The molecule has 1 saturated heterocycles. The van der Waals surface area contributed by atoms with Crippen LogP contribution >= 0.6 is 15.9 Å². The number of likely N-dealkylation sites (tertiary alicyclic amines) is 1. The predicted molar refractivity (Wildman–Crippen MR) is 92.0 cm³/mol. The number of halogens is 1. The molecule has 3 nitrogen and oxygen atoms in total. The Labute approximate surface area is 137 Å². The van der Waals surface area contributed by atoms with Crippen molar-refractivity contribution >= 4 is 15.9 Å². The Morgan fingerprint density at radius 2 is 2.24 bits per heavy atom. The normalized spacial score (nSPS) is 21.2. The molecule has 4 heteroatoms. The minimum Gasteiger partial charge on any atom is -0.493 e. The van der Waals surface area contributed by atoms with E-state index in [0.717, 1.165) is 23.2 Å². The first-order valence-corrected chi connectivity index (χ1v) is 8.71. The van der Waals surface area contributed by atoms with E-state index in [-0.39, 0.29) is 0 Å². The van der Waals surface area contributed by atoms with Crippen molar-refractivity contribution in [3.05, 3.63) is 28.2 Å². The van der Waals surface area contributed by atoms with Gasteiger partial charge in [0.15, 0.2) is 0 Å². The van der Waals surface area contributed by atoms with Crippen molar-refractivity contribution in [1.29, 1.82) is 0 Å². The van der Waals surface area contributed by atoms with Gasteiger partial charge < -0.3 is 15.0 Å². The molecule has 0 aromatic heterocycles. The second-order valence-corrected chi connectivity index (χ2v) is 6.88. The smallest absolute Gasteiger partial charge is 0.125 e. The van der Waals surface area contributed by atoms with Crippen LogP contribution in [-0.4, -0.2) is 38.2 Å². The summed E-state index contributed by atoms with van der Waals surface area (Å²) in [7, 11) is 4.21. The van der Waals surface area contributed by atoms with Gasteiger partial charge in [-0.2, -0.15) is 0 Å². The molecule has 1 aromatic carbocycles. The van der Waals surface area contributed by atoms with Crippen LogP contribution in [0.2, 0.25) is 0 Å². The van der Waals surface area contributed by atoms with Crippen molar-refractivity contribution < 1.29 is 4.74 Å². The number of ether oxygens (including phenoxy) is 1. The number of hydrogen-bond donors (Lipinski definition) is 1. The molecule has 0 saturated carbocycles. The predicted octanol–water partition coefficient (Wildman–Crippen LogP) is 3.98. The molecule has 1 aliphatic heterocycles. The van der Waals surface area contributed by atoms with Gasteiger partial charge in [0.2, 0.25) is 0 Å². The summed E-state index contributed by atoms with van der Waals surface area (Å²) in [5.74, 6) is 0.990. The molecule has 1 fully saturated rings. The quantitative estimate of drug-likeness (QED) is 0.835. The van der Waals surface area contributed by atoms with Gasteiger partial charge in [-0.15, -0.1) is 0 Å². The molecule has 0 aliphatic carbocycles. The van der Waals surface area contributed by atoms with Crippen LogP contribution in [0.4, 0.5) is 0 Å². The molecule has 0 radical (unpaired) electrons. The van der Waals surface area contributed by atoms with E-state index >= 15 is 0 Å². The Balaban J connectivity index is 1.94. The molecule has 0 spiro atoms. The highest BCUT2D eigenvalue weighted by Gasteiger charge is 2.19. The average molecular weight is 355 g/mol. The van der Waals surface area contributed by atoms with E-state index in [0.29, 0.717) is 12.1 Å². The highest BCUT2D eigenvalue weighted by molar-refractivity contribution is 9.10. The lowest BCUT2D eigenvalue weighted by Gasteiger charge is -2.32. The molecule has 0 amide bonds. The molecule has 1 aromatic rings. The topological polar surface area (TPSA) is 24.5 Å². The summed E-state index contributed by atoms with van der Waals surface area (Å²) in [6.45, 7) is 4.17. The Morgan fingerprint density at radius 1 is 1.43 bits per heavy atom. The van der Waals surface area contributed by atoms with Gasteiger partial charge in [0.05, 0.1) is 6.61 Å². The second-order valence-electron chi connectivity index (χ2n) is 5.96. The number of piperidine rings is 1. The van der Waals surface area contributed by atoms with Crippen LogP contribution in [-0.2, 0) is 0 Å². The van der Waals surface area contributed by atoms with Crippen molar-refractivity contribution in [1.82, 2.24) is 10.2 Å². The number of rotatable bonds is 6. The van der Waals surface area contributed by atoms with Gasteiger partial charge in [-0.3, -0.25) is 0 Å². The fourth-order valence-corrected chi connectivity index (χ4v) is 3.30. The fraction of sp³-hybridized carbons (Fsp3) is 0.647. The first-order chi connectivity index (χ1) is 10.1. The van der Waals surface area contributed by atoms with E-state index in [1.165, 1.54) is 31.4 Å². The summed E-state index contributed by atoms with van der Waals surface area (Å²) in [6.07, 6.45) is 5.10. The molecule has 1 aliphatic rings. The van der Waals surface area contributed by atoms with E-state index in [9.17, 15) is 0 Å². The van der Waals surface area contributed by atoms with Gasteiger partial charge in [0.25, 0.3) is 0 Å². The molecular weight excluding hydrogens is 328 g/mol. The third-order valence-electron chi connectivity index (χ3n) is 4.51. The highest BCUT2D eigenvalue weighted by atomic mass is 79.9. The Kier molecular flexibility index (Phi) is 6.52. The van der Waals surface area contributed by atoms with Gasteiger partial charge >= 0.3 is 0 Å². The fourth-order valence-electron chi connectivity index (χ4n) is 2.96. The zero-order valence-corrected chi connectivity index (χ0v) is 14.9. The van der Waals surface area contributed by atoms with Crippen molar-refractivity contribution in [3.63, 3.8) is 0 Å². The van der Waals surface area contributed by atoms with Crippen LogP contribution in [0.15, 0.2) is 22.7 Å². The number of nitrogens with zero attached hydrogens (tertiary/aromatic N) is 1. The maximum atomic E-state index is 6.10. The summed E-state index contributed by atoms with van der Waals surface area (Å²) in [6, 6.07) is 7.26. The summed E-state index contributed by atoms with van der Waals surface area (Å²) < 4.78 is 7.16. The number of nitrogens with one attached hydrogen (secondary N) is 1. The SMILES string of the molecule is CNC(C)c1ccc(Br)cc1OCCC1CCCCN1C. The molecule has 2 unspecified atom stereocenters. The monoisotopic (exact) mass is 354 g/mol. The van der Waals surface area contributed by atoms with Crippen LogP contribution in [0.3, 0.4) is 0 Å². The molecule has 1 N–H and O–H groups in total. The van der Waals surface area contributed by atoms with E-state index in [4.69, 9.17) is 4.74 Å². The van der Waals surface area contributed by atoms with Gasteiger partial charge in [-0.25, -0.2) is 0 Å². The summed E-state index contributed by atoms with van der Waals surface area (Å²) in [5, 5.41) is 3.28. The molecular formula is C17H27BrN2O. The third-order valence-corrected chi connectivity index (χ3v) is 5.00. The molecule has 21 heavy (non-hydrogen) atoms. The second kappa shape index (κ2) is 8.16. The van der Waals surface area contributed by atoms with Crippen LogP contribution in [0.1, 0.15) is 44.2 Å². The maximum absolute atomic E-state index is 6.10. The Hall–Kier alpha value is -0.580. The molecule has 118 valence electrons. The molecule has 1 heterocycles. The highest BCUT2D eigenvalue weighted by Crippen LogP contribution is 2.29. The Bertz CT molecular complexity index is 452. The van der Waals surface area contributed by atoms with Gasteiger partial charge in [-0.1, -0.05) is 28.4 Å². The first kappa shape index (κ1) is 16.8.